The van der Waals surface area contributed by atoms with E-state index in [9.17, 15) is 0 Å². The van der Waals surface area contributed by atoms with Gasteiger partial charge in [-0.2, -0.15) is 4.99 Å². The second-order valence-corrected chi connectivity index (χ2v) is 3.43. The summed E-state index contributed by atoms with van der Waals surface area (Å²) in [6.07, 6.45) is 5.06. The number of thiocarbonyl (C=S) groups is 1. The third-order valence-corrected chi connectivity index (χ3v) is 2.17. The molecule has 0 spiro atoms. The van der Waals surface area contributed by atoms with E-state index in [4.69, 9.17) is 34.4 Å². The fraction of sp³-hybridized carbons (Fsp3) is 0.100. The lowest BCUT2D eigenvalue weighted by Gasteiger charge is -2.06. The molecule has 0 radical (unpaired) electrons. The van der Waals surface area contributed by atoms with E-state index >= 15 is 0 Å². The highest BCUT2D eigenvalue weighted by Crippen LogP contribution is 2.35. The van der Waals surface area contributed by atoms with E-state index in [-0.39, 0.29) is 6.61 Å². The minimum Gasteiger partial charge on any atom is -0.479 e. The van der Waals surface area contributed by atoms with E-state index < -0.39 is 0 Å². The summed E-state index contributed by atoms with van der Waals surface area (Å²) in [7, 11) is 0. The van der Waals surface area contributed by atoms with Crippen LogP contribution in [0.3, 0.4) is 0 Å². The molecule has 0 aliphatic carbocycles. The summed E-state index contributed by atoms with van der Waals surface area (Å²) < 4.78 is 5.18. The Labute approximate surface area is 103 Å². The Morgan fingerprint density at radius 1 is 1.40 bits per heavy atom. The van der Waals surface area contributed by atoms with Crippen molar-refractivity contribution in [2.24, 2.45) is 4.99 Å². The average molecular weight is 258 g/mol. The van der Waals surface area contributed by atoms with Gasteiger partial charge < -0.3 is 4.74 Å². The zero-order valence-electron chi connectivity index (χ0n) is 7.46. The minimum absolute atomic E-state index is 0.127. The zero-order valence-corrected chi connectivity index (χ0v) is 9.79. The summed E-state index contributed by atoms with van der Waals surface area (Å²) in [6, 6.07) is 3.07. The van der Waals surface area contributed by atoms with E-state index in [2.05, 4.69) is 28.3 Å². The topological polar surface area (TPSA) is 21.6 Å². The smallest absolute Gasteiger partial charge is 0.148 e. The first-order chi connectivity index (χ1) is 7.19. The lowest BCUT2D eigenvalue weighted by molar-refractivity contribution is 0.371. The maximum atomic E-state index is 5.87. The number of hydrogen-bond acceptors (Lipinski definition) is 3. The second-order valence-electron chi connectivity index (χ2n) is 2.43. The first-order valence-electron chi connectivity index (χ1n) is 3.82. The van der Waals surface area contributed by atoms with Crippen LogP contribution in [0.4, 0.5) is 5.69 Å². The molecule has 0 aliphatic heterocycles. The highest BCUT2D eigenvalue weighted by molar-refractivity contribution is 7.78. The first-order valence-corrected chi connectivity index (χ1v) is 4.98. The standard InChI is InChI=1S/C10H5Cl2NOS/c1-2-3-14-10-5-9(13-6-15)7(11)4-8(10)12/h1,4-5H,3H2. The third-order valence-electron chi connectivity index (χ3n) is 1.48. The maximum Gasteiger partial charge on any atom is 0.148 e. The van der Waals surface area contributed by atoms with Crippen molar-refractivity contribution >= 4 is 46.3 Å². The Morgan fingerprint density at radius 3 is 2.73 bits per heavy atom. The van der Waals surface area contributed by atoms with Crippen LogP contribution in [0, 0.1) is 12.3 Å². The van der Waals surface area contributed by atoms with Gasteiger partial charge in [-0.15, -0.1) is 6.42 Å². The van der Waals surface area contributed by atoms with Crippen molar-refractivity contribution < 1.29 is 4.74 Å². The van der Waals surface area contributed by atoms with Crippen LogP contribution in [-0.2, 0) is 0 Å². The highest BCUT2D eigenvalue weighted by Gasteiger charge is 2.07. The number of aliphatic imine (C=N–C) groups is 1. The molecule has 0 fully saturated rings. The van der Waals surface area contributed by atoms with Gasteiger partial charge in [0.1, 0.15) is 12.4 Å². The molecule has 0 saturated carbocycles. The Balaban J connectivity index is 3.12. The van der Waals surface area contributed by atoms with Crippen molar-refractivity contribution in [3.8, 4) is 18.1 Å². The van der Waals surface area contributed by atoms with Crippen LogP contribution >= 0.6 is 35.4 Å². The van der Waals surface area contributed by atoms with Crippen molar-refractivity contribution in [2.45, 2.75) is 0 Å². The molecule has 0 heterocycles. The molecule has 0 aliphatic rings. The van der Waals surface area contributed by atoms with Gasteiger partial charge in [0.25, 0.3) is 0 Å². The van der Waals surface area contributed by atoms with Crippen molar-refractivity contribution in [2.75, 3.05) is 6.61 Å². The molecule has 5 heteroatoms. The van der Waals surface area contributed by atoms with Crippen LogP contribution in [0.1, 0.15) is 0 Å². The molecular formula is C10H5Cl2NOS. The van der Waals surface area contributed by atoms with Crippen molar-refractivity contribution in [1.29, 1.82) is 0 Å². The predicted octanol–water partition coefficient (Wildman–Crippen LogP) is 3.74. The van der Waals surface area contributed by atoms with E-state index in [0.29, 0.717) is 21.5 Å². The number of hydrogen-bond donors (Lipinski definition) is 0. The van der Waals surface area contributed by atoms with E-state index in [1.54, 1.807) is 6.07 Å². The summed E-state index contributed by atoms with van der Waals surface area (Å²) in [5.41, 5.74) is 0.447. The highest BCUT2D eigenvalue weighted by atomic mass is 35.5. The summed E-state index contributed by atoms with van der Waals surface area (Å²) in [5.74, 6) is 2.75. The molecule has 0 atom stereocenters. The number of benzene rings is 1. The SMILES string of the molecule is C#CCOc1cc(N=C=S)c(Cl)cc1Cl. The van der Waals surface area contributed by atoms with Gasteiger partial charge in [-0.3, -0.25) is 0 Å². The van der Waals surface area contributed by atoms with Gasteiger partial charge in [-0.25, -0.2) is 0 Å². The van der Waals surface area contributed by atoms with E-state index in [1.807, 2.05) is 0 Å². The van der Waals surface area contributed by atoms with Crippen LogP contribution in [0.15, 0.2) is 17.1 Å². The molecule has 1 aromatic rings. The van der Waals surface area contributed by atoms with Crippen molar-refractivity contribution in [3.05, 3.63) is 22.2 Å². The van der Waals surface area contributed by atoms with Gasteiger partial charge in [0, 0.05) is 6.07 Å². The van der Waals surface area contributed by atoms with Crippen LogP contribution in [0.2, 0.25) is 10.0 Å². The molecule has 1 aromatic carbocycles. The number of rotatable bonds is 3. The molecule has 0 N–H and O–H groups in total. The Morgan fingerprint density at radius 2 is 2.13 bits per heavy atom. The molecule has 1 rings (SSSR count). The molecule has 2 nitrogen and oxygen atoms in total. The van der Waals surface area contributed by atoms with Crippen molar-refractivity contribution in [3.63, 3.8) is 0 Å². The number of terminal acetylenes is 1. The number of nitrogens with zero attached hydrogens (tertiary/aromatic N) is 1. The Bertz CT molecular complexity index is 461. The molecule has 76 valence electrons. The third kappa shape index (κ3) is 3.23. The van der Waals surface area contributed by atoms with Gasteiger partial charge >= 0.3 is 0 Å². The quantitative estimate of drug-likeness (QED) is 0.468. The molecule has 0 bridgehead atoms. The molecule has 0 aromatic heterocycles. The minimum atomic E-state index is 0.127. The van der Waals surface area contributed by atoms with E-state index in [1.165, 1.54) is 6.07 Å². The second kappa shape index (κ2) is 5.75. The normalized spacial score (nSPS) is 8.87. The molecule has 0 amide bonds. The number of halogens is 2. The van der Waals surface area contributed by atoms with Crippen LogP contribution in [-0.4, -0.2) is 11.8 Å². The lowest BCUT2D eigenvalue weighted by atomic mass is 10.3. The zero-order chi connectivity index (χ0) is 11.3. The average Bonchev–Trinajstić information content (AvgIpc) is 2.20. The Hall–Kier alpha value is -1.04. The lowest BCUT2D eigenvalue weighted by Crippen LogP contribution is -1.93. The van der Waals surface area contributed by atoms with Gasteiger partial charge in [0.15, 0.2) is 0 Å². The molecule has 0 unspecified atom stereocenters. The fourth-order valence-corrected chi connectivity index (χ4v) is 1.46. The first kappa shape index (κ1) is 12.0. The largest absolute Gasteiger partial charge is 0.479 e. The van der Waals surface area contributed by atoms with Gasteiger partial charge in [-0.05, 0) is 18.3 Å². The van der Waals surface area contributed by atoms with Gasteiger partial charge in [0.05, 0.1) is 20.9 Å². The molecule has 15 heavy (non-hydrogen) atoms. The summed E-state index contributed by atoms with van der Waals surface area (Å²) in [5, 5.41) is 2.97. The maximum absolute atomic E-state index is 5.87. The van der Waals surface area contributed by atoms with Gasteiger partial charge in [-0.1, -0.05) is 29.1 Å². The van der Waals surface area contributed by atoms with Crippen molar-refractivity contribution in [1.82, 2.24) is 0 Å². The fourth-order valence-electron chi connectivity index (χ4n) is 0.883. The predicted molar refractivity (Wildman–Crippen MR) is 65.5 cm³/mol. The van der Waals surface area contributed by atoms with Crippen LogP contribution in [0.25, 0.3) is 0 Å². The summed E-state index contributed by atoms with van der Waals surface area (Å²) in [4.78, 5) is 3.76. The summed E-state index contributed by atoms with van der Waals surface area (Å²) in [6.45, 7) is 0.127. The molecular weight excluding hydrogens is 253 g/mol. The van der Waals surface area contributed by atoms with E-state index in [0.717, 1.165) is 0 Å². The van der Waals surface area contributed by atoms with Gasteiger partial charge in [0.2, 0.25) is 0 Å². The summed E-state index contributed by atoms with van der Waals surface area (Å²) >= 11 is 16.2. The van der Waals surface area contributed by atoms with Crippen LogP contribution in [0.5, 0.6) is 5.75 Å². The number of isothiocyanates is 1. The van der Waals surface area contributed by atoms with Crippen LogP contribution < -0.4 is 4.74 Å². The number of ether oxygens (including phenoxy) is 1. The molecule has 0 saturated heterocycles. The Kier molecular flexibility index (Phi) is 4.61. The monoisotopic (exact) mass is 257 g/mol.